The van der Waals surface area contributed by atoms with Gasteiger partial charge in [0, 0.05) is 6.07 Å². The molecule has 3 heteroatoms. The van der Waals surface area contributed by atoms with Crippen LogP contribution >= 0.6 is 0 Å². The minimum absolute atomic E-state index is 0.0347. The molecule has 0 radical (unpaired) electrons. The molecule has 8 heavy (non-hydrogen) atoms. The Labute approximate surface area is 46.5 Å². The highest BCUT2D eigenvalue weighted by atomic mass is 16.6. The van der Waals surface area contributed by atoms with Crippen molar-refractivity contribution in [2.45, 2.75) is 0 Å². The summed E-state index contributed by atoms with van der Waals surface area (Å²) in [6, 6.07) is 1.42. The van der Waals surface area contributed by atoms with E-state index in [0.717, 1.165) is 0 Å². The maximum absolute atomic E-state index is 8.73. The third kappa shape index (κ3) is 0.621. The Bertz CT molecular complexity index is 168. The Hall–Kier alpha value is -1.12. The van der Waals surface area contributed by atoms with E-state index in [0.29, 0.717) is 0 Å². The second-order valence-corrected chi connectivity index (χ2v) is 1.30. The van der Waals surface area contributed by atoms with Gasteiger partial charge in [-0.3, -0.25) is 0 Å². The van der Waals surface area contributed by atoms with Crippen LogP contribution in [0.2, 0.25) is 0 Å². The highest BCUT2D eigenvalue weighted by Gasteiger charge is 2.00. The van der Waals surface area contributed by atoms with E-state index < -0.39 is 0 Å². The minimum Gasteiger partial charge on any atom is -0.502 e. The molecule has 0 aliphatic heterocycles. The number of aromatic hydroxyl groups is 1. The molecule has 1 aromatic rings. The minimum atomic E-state index is 0.0347. The molecule has 0 unspecified atom stereocenters. The van der Waals surface area contributed by atoms with Gasteiger partial charge in [-0.15, -0.1) is 0 Å². The van der Waals surface area contributed by atoms with E-state index in [4.69, 9.17) is 5.11 Å². The Kier molecular flexibility index (Phi) is 1.12. The van der Waals surface area contributed by atoms with Crippen LogP contribution < -0.4 is 4.74 Å². The first-order valence-corrected chi connectivity index (χ1v) is 2.15. The summed E-state index contributed by atoms with van der Waals surface area (Å²) in [6.45, 7) is 0. The molecular formula is C5H6O3. The van der Waals surface area contributed by atoms with Crippen LogP contribution in [0, 0.1) is 0 Å². The summed E-state index contributed by atoms with van der Waals surface area (Å²) in [6.07, 6.45) is 1.36. The standard InChI is InChI=1S/C5H6O3/c1-7-5-4(6)2-3-8-5/h2-3,6H,1H3. The summed E-state index contributed by atoms with van der Waals surface area (Å²) in [5.41, 5.74) is 0. The lowest BCUT2D eigenvalue weighted by atomic mass is 10.6. The van der Waals surface area contributed by atoms with Gasteiger partial charge in [-0.1, -0.05) is 0 Å². The summed E-state index contributed by atoms with van der Waals surface area (Å²) < 4.78 is 9.21. The van der Waals surface area contributed by atoms with Gasteiger partial charge in [0.2, 0.25) is 5.75 Å². The van der Waals surface area contributed by atoms with Crippen LogP contribution in [-0.4, -0.2) is 12.2 Å². The van der Waals surface area contributed by atoms with Crippen molar-refractivity contribution in [1.82, 2.24) is 0 Å². The molecule has 0 aliphatic carbocycles. The maximum Gasteiger partial charge on any atom is 0.328 e. The molecule has 0 amide bonds. The van der Waals surface area contributed by atoms with E-state index in [1.165, 1.54) is 19.4 Å². The van der Waals surface area contributed by atoms with E-state index in [2.05, 4.69) is 9.15 Å². The lowest BCUT2D eigenvalue weighted by Crippen LogP contribution is -1.76. The van der Waals surface area contributed by atoms with Crippen molar-refractivity contribution in [2.75, 3.05) is 7.11 Å². The zero-order valence-corrected chi connectivity index (χ0v) is 4.42. The highest BCUT2D eigenvalue weighted by molar-refractivity contribution is 5.27. The first-order chi connectivity index (χ1) is 3.84. The van der Waals surface area contributed by atoms with Crippen molar-refractivity contribution >= 4 is 0 Å². The molecule has 0 aliphatic rings. The first-order valence-electron chi connectivity index (χ1n) is 2.15. The molecule has 1 N–H and O–H groups in total. The van der Waals surface area contributed by atoms with Crippen LogP contribution in [0.5, 0.6) is 11.7 Å². The maximum atomic E-state index is 8.73. The molecule has 3 nitrogen and oxygen atoms in total. The Morgan fingerprint density at radius 2 is 2.50 bits per heavy atom. The molecule has 0 atom stereocenters. The van der Waals surface area contributed by atoms with Crippen LogP contribution in [0.15, 0.2) is 16.7 Å². The normalized spacial score (nSPS) is 9.12. The van der Waals surface area contributed by atoms with Crippen LogP contribution in [0.1, 0.15) is 0 Å². The van der Waals surface area contributed by atoms with Gasteiger partial charge in [0.1, 0.15) is 0 Å². The van der Waals surface area contributed by atoms with Crippen molar-refractivity contribution in [1.29, 1.82) is 0 Å². The Morgan fingerprint density at radius 3 is 2.75 bits per heavy atom. The van der Waals surface area contributed by atoms with Gasteiger partial charge in [0.15, 0.2) is 0 Å². The van der Waals surface area contributed by atoms with Gasteiger partial charge in [0.25, 0.3) is 0 Å². The molecule has 0 saturated carbocycles. The lowest BCUT2D eigenvalue weighted by molar-refractivity contribution is 0.284. The van der Waals surface area contributed by atoms with Crippen molar-refractivity contribution in [2.24, 2.45) is 0 Å². The first kappa shape index (κ1) is 5.03. The summed E-state index contributed by atoms with van der Waals surface area (Å²) >= 11 is 0. The SMILES string of the molecule is COc1occc1O. The fourth-order valence-corrected chi connectivity index (χ4v) is 0.441. The molecule has 0 saturated heterocycles. The third-order valence-electron chi connectivity index (χ3n) is 0.796. The average molecular weight is 114 g/mol. The molecule has 1 heterocycles. The van der Waals surface area contributed by atoms with Crippen molar-refractivity contribution in [3.63, 3.8) is 0 Å². The molecule has 0 fully saturated rings. The number of furan rings is 1. The van der Waals surface area contributed by atoms with E-state index in [1.54, 1.807) is 0 Å². The zero-order valence-electron chi connectivity index (χ0n) is 4.42. The van der Waals surface area contributed by atoms with E-state index in [1.807, 2.05) is 0 Å². The van der Waals surface area contributed by atoms with Gasteiger partial charge in [-0.2, -0.15) is 0 Å². The molecule has 0 bridgehead atoms. The Morgan fingerprint density at radius 1 is 1.75 bits per heavy atom. The van der Waals surface area contributed by atoms with Crippen LogP contribution in [-0.2, 0) is 0 Å². The summed E-state index contributed by atoms with van der Waals surface area (Å²) in [5, 5.41) is 8.73. The predicted molar refractivity (Wildman–Crippen MR) is 26.9 cm³/mol. The number of hydrogen-bond donors (Lipinski definition) is 1. The zero-order chi connectivity index (χ0) is 5.98. The van der Waals surface area contributed by atoms with E-state index in [9.17, 15) is 0 Å². The second kappa shape index (κ2) is 1.78. The third-order valence-corrected chi connectivity index (χ3v) is 0.796. The molecule has 1 rings (SSSR count). The lowest BCUT2D eigenvalue weighted by Gasteiger charge is -1.89. The van der Waals surface area contributed by atoms with Gasteiger partial charge >= 0.3 is 5.95 Å². The number of rotatable bonds is 1. The van der Waals surface area contributed by atoms with Crippen molar-refractivity contribution < 1.29 is 14.3 Å². The number of methoxy groups -OCH3 is 1. The van der Waals surface area contributed by atoms with Gasteiger partial charge in [-0.05, 0) is 0 Å². The fraction of sp³-hybridized carbons (Fsp3) is 0.200. The van der Waals surface area contributed by atoms with Gasteiger partial charge < -0.3 is 14.3 Å². The van der Waals surface area contributed by atoms with E-state index >= 15 is 0 Å². The molecular weight excluding hydrogens is 108 g/mol. The summed E-state index contributed by atoms with van der Waals surface area (Å²) in [7, 11) is 1.43. The van der Waals surface area contributed by atoms with E-state index in [-0.39, 0.29) is 11.7 Å². The largest absolute Gasteiger partial charge is 0.502 e. The monoisotopic (exact) mass is 114 g/mol. The van der Waals surface area contributed by atoms with Crippen molar-refractivity contribution in [3.8, 4) is 11.7 Å². The summed E-state index contributed by atoms with van der Waals surface area (Å²) in [5.74, 6) is 0.192. The predicted octanol–water partition coefficient (Wildman–Crippen LogP) is 0.994. The summed E-state index contributed by atoms with van der Waals surface area (Å²) in [4.78, 5) is 0. The van der Waals surface area contributed by atoms with Gasteiger partial charge in [-0.25, -0.2) is 0 Å². The molecule has 44 valence electrons. The fourth-order valence-electron chi connectivity index (χ4n) is 0.441. The van der Waals surface area contributed by atoms with Crippen LogP contribution in [0.25, 0.3) is 0 Å². The average Bonchev–Trinajstić information content (AvgIpc) is 2.14. The van der Waals surface area contributed by atoms with Gasteiger partial charge in [0.05, 0.1) is 13.4 Å². The molecule has 0 aromatic carbocycles. The van der Waals surface area contributed by atoms with Crippen LogP contribution in [0.4, 0.5) is 0 Å². The smallest absolute Gasteiger partial charge is 0.328 e. The molecule has 0 spiro atoms. The van der Waals surface area contributed by atoms with Crippen LogP contribution in [0.3, 0.4) is 0 Å². The van der Waals surface area contributed by atoms with Crippen molar-refractivity contribution in [3.05, 3.63) is 12.3 Å². The highest BCUT2D eigenvalue weighted by Crippen LogP contribution is 2.24. The quantitative estimate of drug-likeness (QED) is 0.592. The number of ether oxygens (including phenoxy) is 1. The number of hydrogen-bond acceptors (Lipinski definition) is 3. The Balaban J connectivity index is 2.92. The topological polar surface area (TPSA) is 42.6 Å². The molecule has 1 aromatic heterocycles. The second-order valence-electron chi connectivity index (χ2n) is 1.30.